The highest BCUT2D eigenvalue weighted by atomic mass is 32.2. The van der Waals surface area contributed by atoms with E-state index in [0.29, 0.717) is 6.04 Å². The summed E-state index contributed by atoms with van der Waals surface area (Å²) < 4.78 is 2.12. The molecule has 2 nitrogen and oxygen atoms in total. The van der Waals surface area contributed by atoms with Crippen LogP contribution in [0.4, 0.5) is 0 Å². The van der Waals surface area contributed by atoms with Gasteiger partial charge in [0.05, 0.1) is 6.04 Å². The van der Waals surface area contributed by atoms with E-state index in [-0.39, 0.29) is 0 Å². The molecule has 0 radical (unpaired) electrons. The molecule has 0 saturated heterocycles. The zero-order valence-electron chi connectivity index (χ0n) is 5.16. The Labute approximate surface area is 58.7 Å². The summed E-state index contributed by atoms with van der Waals surface area (Å²) in [5.74, 6) is 0. The molecule has 48 valence electrons. The van der Waals surface area contributed by atoms with Gasteiger partial charge in [0.15, 0.2) is 0 Å². The Morgan fingerprint density at radius 3 is 3.44 bits per heavy atom. The van der Waals surface area contributed by atoms with Crippen molar-refractivity contribution in [2.45, 2.75) is 13.0 Å². The minimum Gasteiger partial charge on any atom is -0.313 e. The molecule has 2 aliphatic heterocycles. The fourth-order valence-corrected chi connectivity index (χ4v) is 1.85. The van der Waals surface area contributed by atoms with Crippen molar-refractivity contribution in [3.05, 3.63) is 23.3 Å². The van der Waals surface area contributed by atoms with Gasteiger partial charge in [-0.3, -0.25) is 0 Å². The lowest BCUT2D eigenvalue weighted by atomic mass is 10.3. The average Bonchev–Trinajstić information content (AvgIpc) is 2.22. The maximum absolute atomic E-state index is 3.21. The smallest absolute Gasteiger partial charge is 0.0798 e. The molecule has 1 unspecified atom stereocenters. The van der Waals surface area contributed by atoms with Crippen molar-refractivity contribution < 1.29 is 0 Å². The molecule has 0 aromatic heterocycles. The van der Waals surface area contributed by atoms with Gasteiger partial charge in [-0.15, -0.1) is 0 Å². The van der Waals surface area contributed by atoms with E-state index in [2.05, 4.69) is 34.3 Å². The number of hydrogen-bond acceptors (Lipinski definition) is 3. The van der Waals surface area contributed by atoms with Crippen LogP contribution in [-0.4, -0.2) is 10.5 Å². The van der Waals surface area contributed by atoms with E-state index in [9.17, 15) is 0 Å². The summed E-state index contributed by atoms with van der Waals surface area (Å²) in [5.41, 5.74) is 4.46. The maximum Gasteiger partial charge on any atom is 0.0798 e. The molecule has 0 amide bonds. The van der Waals surface area contributed by atoms with Gasteiger partial charge < -0.3 is 5.43 Å². The third kappa shape index (κ3) is 0.767. The first kappa shape index (κ1) is 5.38. The molecular formula is C6H8N2S. The summed E-state index contributed by atoms with van der Waals surface area (Å²) in [6.07, 6.45) is 4.38. The Balaban J connectivity index is 2.21. The molecule has 1 atom stereocenters. The third-order valence-electron chi connectivity index (χ3n) is 1.43. The number of hydrogen-bond donors (Lipinski definition) is 1. The first-order valence-electron chi connectivity index (χ1n) is 2.94. The second-order valence-corrected chi connectivity index (χ2v) is 3.09. The second kappa shape index (κ2) is 1.78. The van der Waals surface area contributed by atoms with Crippen LogP contribution in [0.25, 0.3) is 0 Å². The molecule has 3 heteroatoms. The molecular weight excluding hydrogens is 132 g/mol. The number of hydrazine groups is 1. The quantitative estimate of drug-likeness (QED) is 0.510. The van der Waals surface area contributed by atoms with Gasteiger partial charge in [0, 0.05) is 5.70 Å². The van der Waals surface area contributed by atoms with Gasteiger partial charge in [-0.1, -0.05) is 6.08 Å². The number of rotatable bonds is 0. The maximum atomic E-state index is 3.21. The van der Waals surface area contributed by atoms with Gasteiger partial charge in [0.25, 0.3) is 0 Å². The molecule has 2 rings (SSSR count). The van der Waals surface area contributed by atoms with Crippen LogP contribution in [0.15, 0.2) is 23.3 Å². The lowest BCUT2D eigenvalue weighted by Gasteiger charge is -2.12. The second-order valence-electron chi connectivity index (χ2n) is 2.21. The molecule has 0 aromatic rings. The van der Waals surface area contributed by atoms with Gasteiger partial charge in [-0.2, -0.15) is 4.41 Å². The van der Waals surface area contributed by atoms with Crippen molar-refractivity contribution in [1.82, 2.24) is 9.84 Å². The fraction of sp³-hybridized carbons (Fsp3) is 0.333. The average molecular weight is 140 g/mol. The van der Waals surface area contributed by atoms with Crippen LogP contribution < -0.4 is 5.43 Å². The normalized spacial score (nSPS) is 32.1. The zero-order chi connectivity index (χ0) is 6.27. The summed E-state index contributed by atoms with van der Waals surface area (Å²) in [7, 11) is 0. The number of nitrogens with zero attached hydrogens (tertiary/aromatic N) is 1. The molecule has 0 spiro atoms. The summed E-state index contributed by atoms with van der Waals surface area (Å²) >= 11 is 1.71. The van der Waals surface area contributed by atoms with E-state index in [1.807, 2.05) is 0 Å². The van der Waals surface area contributed by atoms with E-state index in [1.165, 1.54) is 5.70 Å². The van der Waals surface area contributed by atoms with Crippen LogP contribution in [-0.2, 0) is 0 Å². The van der Waals surface area contributed by atoms with E-state index in [1.54, 1.807) is 11.9 Å². The van der Waals surface area contributed by atoms with Crippen LogP contribution >= 0.6 is 11.9 Å². The molecule has 0 saturated carbocycles. The molecule has 0 aromatic carbocycles. The van der Waals surface area contributed by atoms with Crippen LogP contribution in [0.1, 0.15) is 6.92 Å². The van der Waals surface area contributed by atoms with Crippen LogP contribution in [0.2, 0.25) is 0 Å². The van der Waals surface area contributed by atoms with Crippen molar-refractivity contribution in [1.29, 1.82) is 0 Å². The van der Waals surface area contributed by atoms with Crippen molar-refractivity contribution in [3.63, 3.8) is 0 Å². The monoisotopic (exact) mass is 140 g/mol. The lowest BCUT2D eigenvalue weighted by Crippen LogP contribution is -2.27. The number of fused-ring (bicyclic) bond motifs is 1. The Kier molecular flexibility index (Phi) is 1.07. The summed E-state index contributed by atoms with van der Waals surface area (Å²) in [4.78, 5) is 0. The molecule has 0 fully saturated rings. The number of nitrogens with one attached hydrogen (secondary N) is 1. The zero-order valence-corrected chi connectivity index (χ0v) is 5.98. The topological polar surface area (TPSA) is 15.3 Å². The molecule has 0 aliphatic carbocycles. The van der Waals surface area contributed by atoms with Crippen LogP contribution in [0, 0.1) is 0 Å². The molecule has 0 bridgehead atoms. The highest BCUT2D eigenvalue weighted by Gasteiger charge is 2.23. The molecule has 2 aliphatic rings. The van der Waals surface area contributed by atoms with Gasteiger partial charge in [0.2, 0.25) is 0 Å². The third-order valence-corrected chi connectivity index (χ3v) is 2.27. The summed E-state index contributed by atoms with van der Waals surface area (Å²) in [5, 5.41) is 2.10. The Morgan fingerprint density at radius 1 is 1.78 bits per heavy atom. The predicted octanol–water partition coefficient (Wildman–Crippen LogP) is 1.25. The minimum atomic E-state index is 0.495. The summed E-state index contributed by atoms with van der Waals surface area (Å²) in [6.45, 7) is 2.08. The van der Waals surface area contributed by atoms with Gasteiger partial charge >= 0.3 is 0 Å². The largest absolute Gasteiger partial charge is 0.313 e. The van der Waals surface area contributed by atoms with Crippen LogP contribution in [0.3, 0.4) is 0 Å². The van der Waals surface area contributed by atoms with Crippen molar-refractivity contribution in [2.75, 3.05) is 0 Å². The van der Waals surface area contributed by atoms with E-state index in [0.717, 1.165) is 0 Å². The van der Waals surface area contributed by atoms with Gasteiger partial charge in [0.1, 0.15) is 0 Å². The van der Waals surface area contributed by atoms with Crippen molar-refractivity contribution in [2.24, 2.45) is 0 Å². The highest BCUT2D eigenvalue weighted by molar-refractivity contribution is 8.00. The standard InChI is InChI=1S/C6H8N2S/c1-5-4-6-2-3-9-8(6)7-5/h2-4,6-7H,1H3. The van der Waals surface area contributed by atoms with E-state index in [4.69, 9.17) is 0 Å². The number of allylic oxidation sites excluding steroid dienone is 1. The van der Waals surface area contributed by atoms with E-state index < -0.39 is 0 Å². The summed E-state index contributed by atoms with van der Waals surface area (Å²) in [6, 6.07) is 0.495. The Bertz CT molecular complexity index is 185. The predicted molar refractivity (Wildman–Crippen MR) is 39.3 cm³/mol. The van der Waals surface area contributed by atoms with Gasteiger partial charge in [-0.25, -0.2) is 0 Å². The first-order chi connectivity index (χ1) is 4.36. The minimum absolute atomic E-state index is 0.495. The molecule has 1 N–H and O–H groups in total. The van der Waals surface area contributed by atoms with Gasteiger partial charge in [-0.05, 0) is 30.4 Å². The molecule has 2 heterocycles. The van der Waals surface area contributed by atoms with Crippen molar-refractivity contribution in [3.8, 4) is 0 Å². The Morgan fingerprint density at radius 2 is 2.67 bits per heavy atom. The lowest BCUT2D eigenvalue weighted by molar-refractivity contribution is 0.424. The first-order valence-corrected chi connectivity index (χ1v) is 3.78. The fourth-order valence-electron chi connectivity index (χ4n) is 1.02. The Hall–Kier alpha value is -0.410. The SMILES string of the molecule is CC1=CC2C=CSN2N1. The molecule has 9 heavy (non-hydrogen) atoms. The van der Waals surface area contributed by atoms with Crippen molar-refractivity contribution >= 4 is 11.9 Å². The van der Waals surface area contributed by atoms with Crippen LogP contribution in [0.5, 0.6) is 0 Å². The van der Waals surface area contributed by atoms with E-state index >= 15 is 0 Å². The highest BCUT2D eigenvalue weighted by Crippen LogP contribution is 2.27.